The standard InChI is InChI=1S/C10H18N4O2/c1-5-6-15-8-12-7(11)13-9(14-8)16-10(2,3)4/h5-6H2,1-4H3,(H2,11,12,13,14). The molecule has 0 saturated heterocycles. The van der Waals surface area contributed by atoms with Gasteiger partial charge in [-0.1, -0.05) is 6.92 Å². The maximum absolute atomic E-state index is 5.53. The van der Waals surface area contributed by atoms with Crippen molar-refractivity contribution in [2.45, 2.75) is 39.7 Å². The van der Waals surface area contributed by atoms with Gasteiger partial charge in [-0.05, 0) is 27.2 Å². The summed E-state index contributed by atoms with van der Waals surface area (Å²) >= 11 is 0. The number of hydrogen-bond acceptors (Lipinski definition) is 6. The molecule has 0 radical (unpaired) electrons. The molecule has 0 spiro atoms. The van der Waals surface area contributed by atoms with E-state index < -0.39 is 0 Å². The van der Waals surface area contributed by atoms with Gasteiger partial charge in [0.15, 0.2) is 0 Å². The molecule has 6 nitrogen and oxygen atoms in total. The average molecular weight is 226 g/mol. The molecule has 1 aromatic rings. The Hall–Kier alpha value is -1.59. The summed E-state index contributed by atoms with van der Waals surface area (Å²) in [7, 11) is 0. The van der Waals surface area contributed by atoms with Gasteiger partial charge in [0.05, 0.1) is 6.61 Å². The summed E-state index contributed by atoms with van der Waals surface area (Å²) in [5, 5.41) is 0. The Morgan fingerprint density at radius 1 is 1.12 bits per heavy atom. The second-order valence-corrected chi connectivity index (χ2v) is 4.32. The molecule has 1 aromatic heterocycles. The first kappa shape index (κ1) is 12.5. The van der Waals surface area contributed by atoms with Crippen LogP contribution >= 0.6 is 0 Å². The van der Waals surface area contributed by atoms with Gasteiger partial charge in [0.1, 0.15) is 5.60 Å². The van der Waals surface area contributed by atoms with E-state index in [2.05, 4.69) is 15.0 Å². The van der Waals surface area contributed by atoms with Crippen molar-refractivity contribution in [3.05, 3.63) is 0 Å². The molecule has 0 atom stereocenters. The quantitative estimate of drug-likeness (QED) is 0.836. The molecule has 0 aliphatic heterocycles. The van der Waals surface area contributed by atoms with Crippen LogP contribution in [0.3, 0.4) is 0 Å². The predicted molar refractivity (Wildman–Crippen MR) is 60.4 cm³/mol. The van der Waals surface area contributed by atoms with E-state index >= 15 is 0 Å². The molecule has 0 aliphatic rings. The van der Waals surface area contributed by atoms with Crippen molar-refractivity contribution in [3.8, 4) is 12.0 Å². The highest BCUT2D eigenvalue weighted by Gasteiger charge is 2.15. The van der Waals surface area contributed by atoms with Crippen LogP contribution in [0.5, 0.6) is 12.0 Å². The second-order valence-electron chi connectivity index (χ2n) is 4.32. The first-order valence-electron chi connectivity index (χ1n) is 5.24. The van der Waals surface area contributed by atoms with Crippen LogP contribution in [0.1, 0.15) is 34.1 Å². The number of nitrogens with two attached hydrogens (primary N) is 1. The average Bonchev–Trinajstić information content (AvgIpc) is 2.10. The monoisotopic (exact) mass is 226 g/mol. The predicted octanol–water partition coefficient (Wildman–Crippen LogP) is 1.42. The summed E-state index contributed by atoms with van der Waals surface area (Å²) in [6, 6.07) is 0.389. The van der Waals surface area contributed by atoms with Crippen LogP contribution in [-0.2, 0) is 0 Å². The van der Waals surface area contributed by atoms with Crippen molar-refractivity contribution < 1.29 is 9.47 Å². The fourth-order valence-corrected chi connectivity index (χ4v) is 0.930. The molecule has 6 heteroatoms. The van der Waals surface area contributed by atoms with Crippen molar-refractivity contribution in [2.75, 3.05) is 12.3 Å². The topological polar surface area (TPSA) is 83.2 Å². The smallest absolute Gasteiger partial charge is 0.324 e. The van der Waals surface area contributed by atoms with E-state index in [0.29, 0.717) is 6.61 Å². The van der Waals surface area contributed by atoms with Gasteiger partial charge < -0.3 is 15.2 Å². The summed E-state index contributed by atoms with van der Waals surface area (Å²) in [6.07, 6.45) is 0.876. The molecule has 0 aromatic carbocycles. The number of nitrogens with zero attached hydrogens (tertiary/aromatic N) is 3. The van der Waals surface area contributed by atoms with Crippen LogP contribution in [-0.4, -0.2) is 27.2 Å². The van der Waals surface area contributed by atoms with Gasteiger partial charge in [-0.15, -0.1) is 4.98 Å². The Morgan fingerprint density at radius 2 is 1.75 bits per heavy atom. The highest BCUT2D eigenvalue weighted by atomic mass is 16.5. The lowest BCUT2D eigenvalue weighted by molar-refractivity contribution is 0.114. The minimum atomic E-state index is -0.379. The maximum atomic E-state index is 5.53. The first-order valence-corrected chi connectivity index (χ1v) is 5.24. The zero-order valence-corrected chi connectivity index (χ0v) is 10.1. The van der Waals surface area contributed by atoms with E-state index in [4.69, 9.17) is 15.2 Å². The minimum Gasteiger partial charge on any atom is -0.463 e. The van der Waals surface area contributed by atoms with Gasteiger partial charge in [0.2, 0.25) is 5.95 Å². The molecule has 0 unspecified atom stereocenters. The van der Waals surface area contributed by atoms with Gasteiger partial charge in [0, 0.05) is 0 Å². The molecule has 0 aliphatic carbocycles. The number of nitrogen functional groups attached to an aromatic ring is 1. The number of hydrogen-bond donors (Lipinski definition) is 1. The summed E-state index contributed by atoms with van der Waals surface area (Å²) in [5.41, 5.74) is 5.15. The van der Waals surface area contributed by atoms with Gasteiger partial charge in [-0.2, -0.15) is 9.97 Å². The first-order chi connectivity index (χ1) is 7.40. The highest BCUT2D eigenvalue weighted by Crippen LogP contribution is 2.16. The molecule has 16 heavy (non-hydrogen) atoms. The zero-order valence-electron chi connectivity index (χ0n) is 10.1. The Labute approximate surface area is 95.2 Å². The molecular weight excluding hydrogens is 208 g/mol. The highest BCUT2D eigenvalue weighted by molar-refractivity contribution is 5.20. The maximum Gasteiger partial charge on any atom is 0.324 e. The molecule has 1 rings (SSSR count). The molecule has 0 saturated carbocycles. The Bertz CT molecular complexity index is 349. The molecular formula is C10H18N4O2. The Balaban J connectivity index is 2.81. The van der Waals surface area contributed by atoms with E-state index in [1.165, 1.54) is 0 Å². The van der Waals surface area contributed by atoms with Crippen molar-refractivity contribution >= 4 is 5.95 Å². The fourth-order valence-electron chi connectivity index (χ4n) is 0.930. The van der Waals surface area contributed by atoms with E-state index in [9.17, 15) is 0 Å². The SMILES string of the molecule is CCCOc1nc(N)nc(OC(C)(C)C)n1. The second kappa shape index (κ2) is 4.96. The van der Waals surface area contributed by atoms with Crippen molar-refractivity contribution in [2.24, 2.45) is 0 Å². The largest absolute Gasteiger partial charge is 0.463 e. The normalized spacial score (nSPS) is 11.2. The number of aromatic nitrogens is 3. The van der Waals surface area contributed by atoms with E-state index in [0.717, 1.165) is 6.42 Å². The van der Waals surface area contributed by atoms with Crippen LogP contribution < -0.4 is 15.2 Å². The lowest BCUT2D eigenvalue weighted by atomic mass is 10.2. The van der Waals surface area contributed by atoms with Gasteiger partial charge in [-0.3, -0.25) is 0 Å². The van der Waals surface area contributed by atoms with Crippen molar-refractivity contribution in [1.29, 1.82) is 0 Å². The van der Waals surface area contributed by atoms with E-state index in [1.807, 2.05) is 27.7 Å². The van der Waals surface area contributed by atoms with E-state index in [1.54, 1.807) is 0 Å². The third kappa shape index (κ3) is 4.29. The zero-order chi connectivity index (χ0) is 12.2. The van der Waals surface area contributed by atoms with Gasteiger partial charge >= 0.3 is 12.0 Å². The summed E-state index contributed by atoms with van der Waals surface area (Å²) in [4.78, 5) is 11.7. The van der Waals surface area contributed by atoms with Gasteiger partial charge in [0.25, 0.3) is 0 Å². The van der Waals surface area contributed by atoms with Gasteiger partial charge in [-0.25, -0.2) is 0 Å². The number of anilines is 1. The lowest BCUT2D eigenvalue weighted by Gasteiger charge is -2.19. The number of rotatable bonds is 4. The molecule has 2 N–H and O–H groups in total. The van der Waals surface area contributed by atoms with Crippen LogP contribution in [0.15, 0.2) is 0 Å². The third-order valence-electron chi connectivity index (χ3n) is 1.44. The summed E-state index contributed by atoms with van der Waals surface area (Å²) < 4.78 is 10.7. The molecule has 0 amide bonds. The lowest BCUT2D eigenvalue weighted by Crippen LogP contribution is -2.24. The summed E-state index contributed by atoms with van der Waals surface area (Å²) in [5.74, 6) is 0.0975. The minimum absolute atomic E-state index is 0.0975. The third-order valence-corrected chi connectivity index (χ3v) is 1.44. The van der Waals surface area contributed by atoms with Crippen LogP contribution in [0.2, 0.25) is 0 Å². The van der Waals surface area contributed by atoms with Crippen LogP contribution in [0, 0.1) is 0 Å². The van der Waals surface area contributed by atoms with Crippen molar-refractivity contribution in [1.82, 2.24) is 15.0 Å². The molecule has 0 fully saturated rings. The van der Waals surface area contributed by atoms with Crippen LogP contribution in [0.4, 0.5) is 5.95 Å². The fraction of sp³-hybridized carbons (Fsp3) is 0.700. The van der Waals surface area contributed by atoms with Crippen LogP contribution in [0.25, 0.3) is 0 Å². The Morgan fingerprint density at radius 3 is 2.31 bits per heavy atom. The van der Waals surface area contributed by atoms with E-state index in [-0.39, 0.29) is 23.6 Å². The summed E-state index contributed by atoms with van der Waals surface area (Å²) in [6.45, 7) is 8.24. The van der Waals surface area contributed by atoms with Crippen molar-refractivity contribution in [3.63, 3.8) is 0 Å². The molecule has 0 bridgehead atoms. The number of ether oxygens (including phenoxy) is 2. The molecule has 1 heterocycles. The molecule has 90 valence electrons. The Kier molecular flexibility index (Phi) is 3.87.